The normalized spacial score (nSPS) is 10.6. The van der Waals surface area contributed by atoms with Gasteiger partial charge in [-0.25, -0.2) is 4.79 Å². The first-order valence-electron chi connectivity index (χ1n) is 11.7. The van der Waals surface area contributed by atoms with Crippen molar-refractivity contribution in [3.05, 3.63) is 161 Å². The van der Waals surface area contributed by atoms with Gasteiger partial charge in [0.15, 0.2) is 0 Å². The second-order valence-electron chi connectivity index (χ2n) is 8.48. The summed E-state index contributed by atoms with van der Waals surface area (Å²) in [6.45, 7) is 3.99. The van der Waals surface area contributed by atoms with Gasteiger partial charge in [0.25, 0.3) is 0 Å². The van der Waals surface area contributed by atoms with Crippen LogP contribution in [-0.2, 0) is 0 Å². The van der Waals surface area contributed by atoms with Crippen LogP contribution in [0.1, 0.15) is 21.5 Å². The molecule has 0 amide bonds. The van der Waals surface area contributed by atoms with Crippen molar-refractivity contribution < 1.29 is 9.90 Å². The molecule has 0 aliphatic carbocycles. The molecule has 0 aliphatic heterocycles. The maximum Gasteiger partial charge on any atom is 0.336 e. The average molecular weight is 468 g/mol. The lowest BCUT2D eigenvalue weighted by Crippen LogP contribution is -2.14. The Morgan fingerprint density at radius 2 is 1.03 bits per heavy atom. The van der Waals surface area contributed by atoms with E-state index in [4.69, 9.17) is 0 Å². The van der Waals surface area contributed by atoms with Gasteiger partial charge in [0.1, 0.15) is 0 Å². The second kappa shape index (κ2) is 10.2. The van der Waals surface area contributed by atoms with Crippen molar-refractivity contribution in [2.24, 2.45) is 0 Å². The molecule has 5 aromatic rings. The minimum Gasteiger partial charge on any atom is -0.478 e. The Kier molecular flexibility index (Phi) is 6.46. The molecule has 0 saturated carbocycles. The van der Waals surface area contributed by atoms with Gasteiger partial charge in [-0.05, 0) is 69.6 Å². The van der Waals surface area contributed by atoms with E-state index in [1.165, 1.54) is 0 Å². The van der Waals surface area contributed by atoms with Crippen LogP contribution in [0.5, 0.6) is 0 Å². The van der Waals surface area contributed by atoms with Gasteiger partial charge in [0, 0.05) is 17.1 Å². The molecule has 0 fully saturated rings. The van der Waals surface area contributed by atoms with Gasteiger partial charge >= 0.3 is 5.97 Å². The van der Waals surface area contributed by atoms with E-state index in [2.05, 4.69) is 60.0 Å². The molecule has 0 heterocycles. The number of carboxylic acid groups (broad SMARTS) is 1. The highest BCUT2D eigenvalue weighted by Gasteiger charge is 2.17. The zero-order chi connectivity index (χ0) is 24.9. The smallest absolute Gasteiger partial charge is 0.336 e. The Morgan fingerprint density at radius 3 is 1.56 bits per heavy atom. The number of hydrogen-bond donors (Lipinski definition) is 1. The quantitative estimate of drug-likeness (QED) is 0.309. The number of para-hydroxylation sites is 2. The SMILES string of the molecule is C=c1ccc(=C(c2ccc(N(c3ccccc3)c3ccccc3)cc2)c2ccccc2C(=O)O)cc1. The average Bonchev–Trinajstić information content (AvgIpc) is 2.92. The lowest BCUT2D eigenvalue weighted by atomic mass is 9.91. The molecule has 3 heteroatoms. The van der Waals surface area contributed by atoms with E-state index in [1.807, 2.05) is 72.8 Å². The van der Waals surface area contributed by atoms with Crippen LogP contribution in [0.2, 0.25) is 0 Å². The van der Waals surface area contributed by atoms with Crippen molar-refractivity contribution in [2.75, 3.05) is 4.90 Å². The van der Waals surface area contributed by atoms with Crippen molar-refractivity contribution >= 4 is 35.2 Å². The molecule has 0 atom stereocenters. The fraction of sp³-hybridized carbons (Fsp3) is 0. The molecule has 0 aliphatic rings. The minimum absolute atomic E-state index is 0.269. The summed E-state index contributed by atoms with van der Waals surface area (Å²) in [5.74, 6) is -0.951. The summed E-state index contributed by atoms with van der Waals surface area (Å²) >= 11 is 0. The summed E-state index contributed by atoms with van der Waals surface area (Å²) in [6, 6.07) is 43.7. The molecule has 5 aromatic carbocycles. The third kappa shape index (κ3) is 4.68. The Labute approximate surface area is 210 Å². The summed E-state index contributed by atoms with van der Waals surface area (Å²) < 4.78 is 0. The molecule has 5 rings (SSSR count). The largest absolute Gasteiger partial charge is 0.478 e. The van der Waals surface area contributed by atoms with Gasteiger partial charge in [0.05, 0.1) is 5.56 Å². The predicted molar refractivity (Wildman–Crippen MR) is 147 cm³/mol. The molecule has 36 heavy (non-hydrogen) atoms. The topological polar surface area (TPSA) is 40.5 Å². The summed E-state index contributed by atoms with van der Waals surface area (Å²) in [7, 11) is 0. The number of anilines is 3. The van der Waals surface area contributed by atoms with Crippen LogP contribution in [0.4, 0.5) is 17.1 Å². The van der Waals surface area contributed by atoms with Crippen LogP contribution >= 0.6 is 0 Å². The Hall–Kier alpha value is -4.89. The fourth-order valence-corrected chi connectivity index (χ4v) is 4.42. The highest BCUT2D eigenvalue weighted by atomic mass is 16.4. The first-order valence-corrected chi connectivity index (χ1v) is 11.7. The van der Waals surface area contributed by atoms with Crippen molar-refractivity contribution in [3.8, 4) is 0 Å². The maximum atomic E-state index is 12.1. The van der Waals surface area contributed by atoms with Crippen LogP contribution in [0.25, 0.3) is 12.2 Å². The van der Waals surface area contributed by atoms with Gasteiger partial charge in [-0.1, -0.05) is 97.6 Å². The Bertz CT molecular complexity index is 1550. The Balaban J connectivity index is 1.68. The van der Waals surface area contributed by atoms with E-state index in [1.54, 1.807) is 12.1 Å². The molecule has 0 saturated heterocycles. The van der Waals surface area contributed by atoms with Gasteiger partial charge in [0.2, 0.25) is 0 Å². The fourth-order valence-electron chi connectivity index (χ4n) is 4.42. The minimum atomic E-state index is -0.951. The molecule has 0 radical (unpaired) electrons. The van der Waals surface area contributed by atoms with Gasteiger partial charge in [-0.3, -0.25) is 0 Å². The van der Waals surface area contributed by atoms with E-state index in [9.17, 15) is 9.90 Å². The van der Waals surface area contributed by atoms with Crippen LogP contribution in [0.3, 0.4) is 0 Å². The predicted octanol–water partition coefficient (Wildman–Crippen LogP) is 6.51. The third-order valence-electron chi connectivity index (χ3n) is 6.11. The van der Waals surface area contributed by atoms with Gasteiger partial charge in [-0.2, -0.15) is 0 Å². The van der Waals surface area contributed by atoms with Crippen molar-refractivity contribution in [2.45, 2.75) is 0 Å². The van der Waals surface area contributed by atoms with Crippen molar-refractivity contribution in [3.63, 3.8) is 0 Å². The van der Waals surface area contributed by atoms with Crippen molar-refractivity contribution in [1.29, 1.82) is 0 Å². The van der Waals surface area contributed by atoms with Crippen LogP contribution in [0, 0.1) is 0 Å². The number of carboxylic acids is 1. The van der Waals surface area contributed by atoms with E-state index in [-0.39, 0.29) is 5.56 Å². The summed E-state index contributed by atoms with van der Waals surface area (Å²) in [4.78, 5) is 14.3. The maximum absolute atomic E-state index is 12.1. The zero-order valence-corrected chi connectivity index (χ0v) is 19.7. The van der Waals surface area contributed by atoms with E-state index < -0.39 is 5.97 Å². The van der Waals surface area contributed by atoms with Crippen LogP contribution in [0.15, 0.2) is 133 Å². The Morgan fingerprint density at radius 1 is 0.556 bits per heavy atom. The lowest BCUT2D eigenvalue weighted by Gasteiger charge is -2.25. The number of benzene rings is 5. The molecule has 0 bridgehead atoms. The van der Waals surface area contributed by atoms with Crippen molar-refractivity contribution in [1.82, 2.24) is 0 Å². The number of aromatic carboxylic acids is 1. The molecule has 0 spiro atoms. The molecular weight excluding hydrogens is 442 g/mol. The molecule has 1 N–H and O–H groups in total. The third-order valence-corrected chi connectivity index (χ3v) is 6.11. The first-order chi connectivity index (χ1) is 17.6. The molecule has 3 nitrogen and oxygen atoms in total. The number of rotatable bonds is 6. The number of carbonyl (C=O) groups is 1. The number of hydrogen-bond acceptors (Lipinski definition) is 2. The van der Waals surface area contributed by atoms with Gasteiger partial charge < -0.3 is 10.0 Å². The summed E-state index contributed by atoms with van der Waals surface area (Å²) in [5, 5.41) is 11.7. The summed E-state index contributed by atoms with van der Waals surface area (Å²) in [6.07, 6.45) is 0. The molecule has 174 valence electrons. The molecular formula is C33H25NO2. The zero-order valence-electron chi connectivity index (χ0n) is 19.7. The highest BCUT2D eigenvalue weighted by Crippen LogP contribution is 2.35. The highest BCUT2D eigenvalue weighted by molar-refractivity contribution is 5.97. The second-order valence-corrected chi connectivity index (χ2v) is 8.48. The van der Waals surface area contributed by atoms with E-state index in [0.717, 1.165) is 38.6 Å². The van der Waals surface area contributed by atoms with E-state index in [0.29, 0.717) is 5.56 Å². The van der Waals surface area contributed by atoms with Crippen LogP contribution in [-0.4, -0.2) is 11.1 Å². The monoisotopic (exact) mass is 467 g/mol. The standard InChI is InChI=1S/C33H25NO2/c1-24-16-18-25(19-17-24)32(30-14-8-9-15-31(30)33(35)36)26-20-22-29(23-21-26)34(27-10-4-2-5-11-27)28-12-6-3-7-13-28/h2-23H,1H2,(H,35,36). The van der Waals surface area contributed by atoms with Gasteiger partial charge in [-0.15, -0.1) is 0 Å². The molecule has 0 aromatic heterocycles. The molecule has 0 unspecified atom stereocenters. The number of nitrogens with zero attached hydrogens (tertiary/aromatic N) is 1. The first kappa shape index (κ1) is 22.9. The summed E-state index contributed by atoms with van der Waals surface area (Å²) in [5.41, 5.74) is 5.87. The van der Waals surface area contributed by atoms with E-state index >= 15 is 0 Å². The lowest BCUT2D eigenvalue weighted by molar-refractivity contribution is 0.0696. The van der Waals surface area contributed by atoms with Crippen LogP contribution < -0.4 is 15.3 Å².